The summed E-state index contributed by atoms with van der Waals surface area (Å²) in [4.78, 5) is 25.4. The fourth-order valence-electron chi connectivity index (χ4n) is 2.63. The van der Waals surface area contributed by atoms with Crippen LogP contribution in [0, 0.1) is 0 Å². The molecule has 0 radical (unpaired) electrons. The van der Waals surface area contributed by atoms with Gasteiger partial charge in [0.15, 0.2) is 5.82 Å². The normalized spacial score (nSPS) is 11.4. The van der Waals surface area contributed by atoms with Crippen molar-refractivity contribution in [3.8, 4) is 0 Å². The summed E-state index contributed by atoms with van der Waals surface area (Å²) in [5, 5.41) is 3.32. The van der Waals surface area contributed by atoms with Gasteiger partial charge >= 0.3 is 0 Å². The summed E-state index contributed by atoms with van der Waals surface area (Å²) >= 11 is 0. The Hall–Kier alpha value is -2.83. The highest BCUT2D eigenvalue weighted by atomic mass is 16.1. The van der Waals surface area contributed by atoms with Crippen LogP contribution in [0.5, 0.6) is 0 Å². The van der Waals surface area contributed by atoms with Crippen molar-refractivity contribution in [3.63, 3.8) is 0 Å². The van der Waals surface area contributed by atoms with Gasteiger partial charge in [0.05, 0.1) is 0 Å². The Morgan fingerprint density at radius 3 is 2.69 bits per heavy atom. The highest BCUT2D eigenvalue weighted by Gasteiger charge is 2.12. The van der Waals surface area contributed by atoms with Crippen molar-refractivity contribution in [2.24, 2.45) is 5.73 Å². The number of pyridine rings is 1. The minimum absolute atomic E-state index is 0.112. The number of hydrogen-bond acceptors (Lipinski definition) is 6. The molecule has 0 atom stereocenters. The maximum absolute atomic E-state index is 11.2. The van der Waals surface area contributed by atoms with Gasteiger partial charge in [0.25, 0.3) is 0 Å². The van der Waals surface area contributed by atoms with Gasteiger partial charge < -0.3 is 20.9 Å². The van der Waals surface area contributed by atoms with E-state index in [4.69, 9.17) is 10.7 Å². The fourth-order valence-corrected chi connectivity index (χ4v) is 2.63. The molecular formula is C19H28N6O. The van der Waals surface area contributed by atoms with Crippen molar-refractivity contribution in [2.75, 3.05) is 23.3 Å². The number of nitrogens with zero attached hydrogens (tertiary/aromatic N) is 3. The average Bonchev–Trinajstić information content (AvgIpc) is 2.66. The molecule has 0 saturated carbocycles. The van der Waals surface area contributed by atoms with Crippen LogP contribution in [0.25, 0.3) is 5.57 Å². The molecule has 2 aromatic rings. The van der Waals surface area contributed by atoms with Crippen molar-refractivity contribution >= 4 is 17.2 Å². The van der Waals surface area contributed by atoms with Crippen LogP contribution >= 0.6 is 0 Å². The van der Waals surface area contributed by atoms with Crippen LogP contribution in [0.15, 0.2) is 35.4 Å². The highest BCUT2D eigenvalue weighted by molar-refractivity contribution is 5.63. The van der Waals surface area contributed by atoms with E-state index in [-0.39, 0.29) is 5.56 Å². The van der Waals surface area contributed by atoms with E-state index < -0.39 is 0 Å². The second kappa shape index (κ2) is 9.60. The number of hydrogen-bond donors (Lipinski definition) is 3. The highest BCUT2D eigenvalue weighted by Crippen LogP contribution is 2.22. The first kappa shape index (κ1) is 19.5. The fraction of sp³-hybridized carbons (Fsp3) is 0.421. The molecule has 0 aliphatic heterocycles. The van der Waals surface area contributed by atoms with Gasteiger partial charge in [-0.25, -0.2) is 9.97 Å². The van der Waals surface area contributed by atoms with E-state index in [0.29, 0.717) is 12.4 Å². The van der Waals surface area contributed by atoms with Crippen LogP contribution in [0.1, 0.15) is 45.0 Å². The molecule has 0 fully saturated rings. The van der Waals surface area contributed by atoms with Crippen LogP contribution < -0.4 is 21.5 Å². The minimum atomic E-state index is -0.112. The van der Waals surface area contributed by atoms with Crippen LogP contribution in [0.4, 0.5) is 11.6 Å². The third-order valence-corrected chi connectivity index (χ3v) is 4.10. The SMILES string of the molecule is CCCN(CC)c1cc(NCc2ccc(=O)[nH]c2)nc(/C(=C\N)CC)n1. The Bertz CT molecular complexity index is 778. The predicted molar refractivity (Wildman–Crippen MR) is 107 cm³/mol. The van der Waals surface area contributed by atoms with Gasteiger partial charge in [-0.15, -0.1) is 0 Å². The Morgan fingerprint density at radius 2 is 2.12 bits per heavy atom. The van der Waals surface area contributed by atoms with Crippen LogP contribution in [-0.2, 0) is 6.54 Å². The number of anilines is 2. The number of nitrogens with one attached hydrogen (secondary N) is 2. The third-order valence-electron chi connectivity index (χ3n) is 4.10. The van der Waals surface area contributed by atoms with Crippen molar-refractivity contribution in [1.29, 1.82) is 0 Å². The number of rotatable bonds is 9. The Balaban J connectivity index is 2.31. The van der Waals surface area contributed by atoms with E-state index in [0.717, 1.165) is 48.7 Å². The zero-order valence-electron chi connectivity index (χ0n) is 15.7. The van der Waals surface area contributed by atoms with E-state index in [1.165, 1.54) is 6.07 Å². The lowest BCUT2D eigenvalue weighted by molar-refractivity contribution is 0.774. The molecule has 0 aliphatic rings. The van der Waals surface area contributed by atoms with Crippen molar-refractivity contribution in [2.45, 2.75) is 40.2 Å². The number of aromatic amines is 1. The smallest absolute Gasteiger partial charge is 0.247 e. The molecule has 140 valence electrons. The van der Waals surface area contributed by atoms with Gasteiger partial charge in [-0.1, -0.05) is 19.9 Å². The van der Waals surface area contributed by atoms with E-state index in [2.05, 4.69) is 34.0 Å². The molecule has 0 aromatic carbocycles. The van der Waals surface area contributed by atoms with Crippen LogP contribution in [-0.4, -0.2) is 28.0 Å². The van der Waals surface area contributed by atoms with Crippen molar-refractivity contribution < 1.29 is 0 Å². The summed E-state index contributed by atoms with van der Waals surface area (Å²) in [7, 11) is 0. The first-order chi connectivity index (χ1) is 12.6. The summed E-state index contributed by atoms with van der Waals surface area (Å²) in [6.45, 7) is 8.66. The van der Waals surface area contributed by atoms with E-state index in [1.807, 2.05) is 13.0 Å². The first-order valence-corrected chi connectivity index (χ1v) is 9.07. The molecule has 0 saturated heterocycles. The molecule has 7 heteroatoms. The Morgan fingerprint density at radius 1 is 1.31 bits per heavy atom. The minimum Gasteiger partial charge on any atom is -0.404 e. The van der Waals surface area contributed by atoms with Crippen molar-refractivity contribution in [1.82, 2.24) is 15.0 Å². The molecule has 2 heterocycles. The monoisotopic (exact) mass is 356 g/mol. The summed E-state index contributed by atoms with van der Waals surface area (Å²) in [6.07, 6.45) is 5.08. The zero-order chi connectivity index (χ0) is 18.9. The maximum atomic E-state index is 11.2. The van der Waals surface area contributed by atoms with Gasteiger partial charge in [0.1, 0.15) is 11.6 Å². The average molecular weight is 356 g/mol. The Labute approximate surface area is 154 Å². The van der Waals surface area contributed by atoms with Gasteiger partial charge in [-0.3, -0.25) is 4.79 Å². The van der Waals surface area contributed by atoms with Gasteiger partial charge in [0.2, 0.25) is 5.56 Å². The number of aromatic nitrogens is 3. The topological polar surface area (TPSA) is 99.9 Å². The van der Waals surface area contributed by atoms with Gasteiger partial charge in [-0.2, -0.15) is 0 Å². The molecule has 4 N–H and O–H groups in total. The quantitative estimate of drug-likeness (QED) is 0.639. The van der Waals surface area contributed by atoms with E-state index in [9.17, 15) is 4.79 Å². The first-order valence-electron chi connectivity index (χ1n) is 9.07. The maximum Gasteiger partial charge on any atom is 0.247 e. The largest absolute Gasteiger partial charge is 0.404 e. The number of H-pyrrole nitrogens is 1. The second-order valence-corrected chi connectivity index (χ2v) is 5.97. The number of nitrogens with two attached hydrogens (primary N) is 1. The molecular weight excluding hydrogens is 328 g/mol. The number of allylic oxidation sites excluding steroid dienone is 1. The molecule has 0 bridgehead atoms. The van der Waals surface area contributed by atoms with Crippen LogP contribution in [0.3, 0.4) is 0 Å². The third kappa shape index (κ3) is 5.08. The lowest BCUT2D eigenvalue weighted by atomic mass is 10.2. The Kier molecular flexibility index (Phi) is 7.20. The van der Waals surface area contributed by atoms with E-state index in [1.54, 1.807) is 18.5 Å². The molecule has 2 aromatic heterocycles. The van der Waals surface area contributed by atoms with Gasteiger partial charge in [0, 0.05) is 49.7 Å². The van der Waals surface area contributed by atoms with Crippen molar-refractivity contribution in [3.05, 3.63) is 52.3 Å². The summed E-state index contributed by atoms with van der Waals surface area (Å²) < 4.78 is 0. The molecule has 2 rings (SSSR count). The van der Waals surface area contributed by atoms with Gasteiger partial charge in [-0.05, 0) is 25.3 Å². The molecule has 0 spiro atoms. The summed E-state index contributed by atoms with van der Waals surface area (Å²) in [6, 6.07) is 5.26. The second-order valence-electron chi connectivity index (χ2n) is 5.97. The van der Waals surface area contributed by atoms with E-state index >= 15 is 0 Å². The lowest BCUT2D eigenvalue weighted by Crippen LogP contribution is -2.25. The molecule has 0 unspecified atom stereocenters. The van der Waals surface area contributed by atoms with Crippen LogP contribution in [0.2, 0.25) is 0 Å². The summed E-state index contributed by atoms with van der Waals surface area (Å²) in [5.74, 6) is 2.26. The predicted octanol–water partition coefficient (Wildman–Crippen LogP) is 2.72. The summed E-state index contributed by atoms with van der Waals surface area (Å²) in [5.41, 5.74) is 7.52. The lowest BCUT2D eigenvalue weighted by Gasteiger charge is -2.22. The molecule has 7 nitrogen and oxygen atoms in total. The molecule has 0 amide bonds. The molecule has 0 aliphatic carbocycles. The standard InChI is InChI=1S/C19H28N6O/c1-4-9-25(6-3)17-10-16(23-19(24-17)15(5-2)11-20)21-12-14-7-8-18(26)22-13-14/h7-8,10-11,13H,4-6,9,12,20H2,1-3H3,(H,22,26)(H,21,23,24)/b15-11-. The molecule has 26 heavy (non-hydrogen) atoms. The zero-order valence-corrected chi connectivity index (χ0v) is 15.7.